The molecule has 5 atom stereocenters. The molecule has 1 heterocycles. The van der Waals surface area contributed by atoms with E-state index < -0.39 is 0 Å². The summed E-state index contributed by atoms with van der Waals surface area (Å²) in [5, 5.41) is 0. The first kappa shape index (κ1) is 16.6. The summed E-state index contributed by atoms with van der Waals surface area (Å²) >= 11 is 0. The summed E-state index contributed by atoms with van der Waals surface area (Å²) in [6.45, 7) is 14.5. The van der Waals surface area contributed by atoms with Gasteiger partial charge in [0.05, 0.1) is 0 Å². The Morgan fingerprint density at radius 2 is 1.62 bits per heavy atom. The maximum atomic E-state index is 2.86. The molecule has 4 rings (SSSR count). The first-order valence-corrected chi connectivity index (χ1v) is 10.1. The molecular formula is C23H35N. The van der Waals surface area contributed by atoms with E-state index in [-0.39, 0.29) is 5.41 Å². The molecule has 0 amide bonds. The third-order valence-corrected chi connectivity index (χ3v) is 7.18. The molecule has 0 radical (unpaired) electrons. The average Bonchev–Trinajstić information content (AvgIpc) is 3.12. The molecule has 2 saturated carbocycles. The van der Waals surface area contributed by atoms with Crippen molar-refractivity contribution >= 4 is 0 Å². The van der Waals surface area contributed by atoms with Gasteiger partial charge in [-0.15, -0.1) is 0 Å². The fraction of sp³-hybridized carbons (Fsp3) is 0.739. The maximum Gasteiger partial charge on any atom is 0.0133 e. The molecule has 1 nitrogen and oxygen atoms in total. The van der Waals surface area contributed by atoms with Gasteiger partial charge in [-0.3, -0.25) is 4.90 Å². The first-order valence-electron chi connectivity index (χ1n) is 10.1. The number of hydrogen-bond donors (Lipinski definition) is 0. The summed E-state index contributed by atoms with van der Waals surface area (Å²) in [6, 6.07) is 10.5. The lowest BCUT2D eigenvalue weighted by molar-refractivity contribution is 0.0876. The SMILES string of the molecule is CC1C[C@@H](C)CN([C@@H]2CC[C@]3(c4ccc(C(C)(C)C)cc4)C[C@H]23)C1. The number of rotatable bonds is 2. The van der Waals surface area contributed by atoms with E-state index in [2.05, 4.69) is 63.8 Å². The van der Waals surface area contributed by atoms with Gasteiger partial charge in [-0.25, -0.2) is 0 Å². The Hall–Kier alpha value is -0.820. The van der Waals surface area contributed by atoms with Gasteiger partial charge in [0, 0.05) is 24.5 Å². The highest BCUT2D eigenvalue weighted by atomic mass is 15.2. The molecule has 1 aliphatic heterocycles. The topological polar surface area (TPSA) is 3.24 Å². The Balaban J connectivity index is 1.49. The predicted molar refractivity (Wildman–Crippen MR) is 102 cm³/mol. The van der Waals surface area contributed by atoms with E-state index in [1.54, 1.807) is 5.56 Å². The van der Waals surface area contributed by atoms with Crippen LogP contribution in [0.15, 0.2) is 24.3 Å². The molecule has 0 aromatic heterocycles. The van der Waals surface area contributed by atoms with Crippen molar-refractivity contribution in [3.63, 3.8) is 0 Å². The zero-order valence-corrected chi connectivity index (χ0v) is 16.3. The van der Waals surface area contributed by atoms with Gasteiger partial charge < -0.3 is 0 Å². The van der Waals surface area contributed by atoms with Gasteiger partial charge in [-0.2, -0.15) is 0 Å². The van der Waals surface area contributed by atoms with E-state index in [1.165, 1.54) is 44.3 Å². The molecule has 1 heteroatoms. The molecule has 132 valence electrons. The summed E-state index contributed by atoms with van der Waals surface area (Å²) in [5.74, 6) is 2.69. The minimum atomic E-state index is 0.261. The van der Waals surface area contributed by atoms with E-state index >= 15 is 0 Å². The normalized spacial score (nSPS) is 39.7. The van der Waals surface area contributed by atoms with Gasteiger partial charge >= 0.3 is 0 Å². The van der Waals surface area contributed by atoms with Crippen molar-refractivity contribution in [1.82, 2.24) is 4.90 Å². The van der Waals surface area contributed by atoms with Gasteiger partial charge in [0.15, 0.2) is 0 Å². The number of piperidine rings is 1. The summed E-state index contributed by atoms with van der Waals surface area (Å²) in [4.78, 5) is 2.86. The van der Waals surface area contributed by atoms with E-state index in [0.717, 1.165) is 23.8 Å². The Labute approximate surface area is 148 Å². The number of nitrogens with zero attached hydrogens (tertiary/aromatic N) is 1. The van der Waals surface area contributed by atoms with Crippen molar-refractivity contribution in [2.24, 2.45) is 17.8 Å². The van der Waals surface area contributed by atoms with Crippen LogP contribution in [0.1, 0.15) is 71.4 Å². The van der Waals surface area contributed by atoms with Crippen LogP contribution in [0.3, 0.4) is 0 Å². The second kappa shape index (κ2) is 5.59. The molecule has 2 aliphatic carbocycles. The Morgan fingerprint density at radius 3 is 2.17 bits per heavy atom. The number of benzene rings is 1. The van der Waals surface area contributed by atoms with Gasteiger partial charge in [-0.05, 0) is 60.0 Å². The molecule has 1 saturated heterocycles. The van der Waals surface area contributed by atoms with Crippen LogP contribution in [0, 0.1) is 17.8 Å². The minimum absolute atomic E-state index is 0.261. The fourth-order valence-electron chi connectivity index (χ4n) is 5.93. The number of fused-ring (bicyclic) bond motifs is 1. The molecular weight excluding hydrogens is 290 g/mol. The fourth-order valence-corrected chi connectivity index (χ4v) is 5.93. The summed E-state index contributed by atoms with van der Waals surface area (Å²) in [6.07, 6.45) is 5.70. The largest absolute Gasteiger partial charge is 0.300 e. The maximum absolute atomic E-state index is 2.86. The standard InChI is InChI=1S/C23H35N/c1-16-12-17(2)15-24(14-16)21-10-11-23(13-20(21)23)19-8-6-18(7-9-19)22(3,4)5/h6-9,16-17,20-21H,10-15H2,1-5H3/t16-,17?,20-,21-,23-/m1/s1. The Bertz CT molecular complexity index is 585. The van der Waals surface area contributed by atoms with Crippen LogP contribution in [0.25, 0.3) is 0 Å². The Kier molecular flexibility index (Phi) is 3.88. The van der Waals surface area contributed by atoms with E-state index in [0.29, 0.717) is 5.41 Å². The lowest BCUT2D eigenvalue weighted by atomic mass is 9.84. The van der Waals surface area contributed by atoms with Crippen molar-refractivity contribution in [1.29, 1.82) is 0 Å². The summed E-state index contributed by atoms with van der Waals surface area (Å²) in [5.41, 5.74) is 3.89. The minimum Gasteiger partial charge on any atom is -0.300 e. The molecule has 3 aliphatic rings. The van der Waals surface area contributed by atoms with Crippen LogP contribution in [0.5, 0.6) is 0 Å². The zero-order chi connectivity index (χ0) is 17.1. The highest BCUT2D eigenvalue weighted by Crippen LogP contribution is 2.65. The van der Waals surface area contributed by atoms with Crippen LogP contribution in [-0.2, 0) is 10.8 Å². The molecule has 1 aromatic rings. The van der Waals surface area contributed by atoms with Gasteiger partial charge in [0.1, 0.15) is 0 Å². The van der Waals surface area contributed by atoms with Crippen molar-refractivity contribution in [3.8, 4) is 0 Å². The first-order chi connectivity index (χ1) is 11.3. The van der Waals surface area contributed by atoms with Crippen LogP contribution < -0.4 is 0 Å². The average molecular weight is 326 g/mol. The van der Waals surface area contributed by atoms with Gasteiger partial charge in [-0.1, -0.05) is 58.9 Å². The van der Waals surface area contributed by atoms with E-state index in [9.17, 15) is 0 Å². The van der Waals surface area contributed by atoms with Crippen molar-refractivity contribution in [2.45, 2.75) is 77.2 Å². The zero-order valence-electron chi connectivity index (χ0n) is 16.3. The molecule has 1 aromatic carbocycles. The van der Waals surface area contributed by atoms with E-state index in [4.69, 9.17) is 0 Å². The van der Waals surface area contributed by atoms with Crippen LogP contribution in [0.2, 0.25) is 0 Å². The molecule has 3 fully saturated rings. The highest BCUT2D eigenvalue weighted by molar-refractivity contribution is 5.40. The molecule has 24 heavy (non-hydrogen) atoms. The lowest BCUT2D eigenvalue weighted by Gasteiger charge is -2.39. The third kappa shape index (κ3) is 2.73. The molecule has 0 bridgehead atoms. The van der Waals surface area contributed by atoms with Gasteiger partial charge in [0.2, 0.25) is 0 Å². The van der Waals surface area contributed by atoms with Gasteiger partial charge in [0.25, 0.3) is 0 Å². The summed E-state index contributed by atoms with van der Waals surface area (Å²) < 4.78 is 0. The molecule has 1 unspecified atom stereocenters. The Morgan fingerprint density at radius 1 is 1.00 bits per heavy atom. The van der Waals surface area contributed by atoms with Crippen molar-refractivity contribution < 1.29 is 0 Å². The number of likely N-dealkylation sites (tertiary alicyclic amines) is 1. The van der Waals surface area contributed by atoms with Crippen molar-refractivity contribution in [3.05, 3.63) is 35.4 Å². The second-order valence-electron chi connectivity index (χ2n) is 10.3. The van der Waals surface area contributed by atoms with E-state index in [1.807, 2.05) is 0 Å². The smallest absolute Gasteiger partial charge is 0.0133 e. The lowest BCUT2D eigenvalue weighted by Crippen LogP contribution is -2.45. The van der Waals surface area contributed by atoms with Crippen LogP contribution in [-0.4, -0.2) is 24.0 Å². The molecule has 0 spiro atoms. The third-order valence-electron chi connectivity index (χ3n) is 7.18. The summed E-state index contributed by atoms with van der Waals surface area (Å²) in [7, 11) is 0. The predicted octanol–water partition coefficient (Wildman–Crippen LogP) is 5.38. The van der Waals surface area contributed by atoms with Crippen molar-refractivity contribution in [2.75, 3.05) is 13.1 Å². The molecule has 0 N–H and O–H groups in total. The van der Waals surface area contributed by atoms with Crippen LogP contribution >= 0.6 is 0 Å². The van der Waals surface area contributed by atoms with Crippen LogP contribution in [0.4, 0.5) is 0 Å². The highest BCUT2D eigenvalue weighted by Gasteiger charge is 2.63. The number of hydrogen-bond acceptors (Lipinski definition) is 1. The quantitative estimate of drug-likeness (QED) is 0.705. The second-order valence-corrected chi connectivity index (χ2v) is 10.3. The monoisotopic (exact) mass is 325 g/mol.